The van der Waals surface area contributed by atoms with E-state index < -0.39 is 23.6 Å². The Morgan fingerprint density at radius 3 is 2.37 bits per heavy atom. The van der Waals surface area contributed by atoms with Gasteiger partial charge >= 0.3 is 5.97 Å². The highest BCUT2D eigenvalue weighted by Gasteiger charge is 2.25. The van der Waals surface area contributed by atoms with Gasteiger partial charge in [0, 0.05) is 17.8 Å². The molecule has 1 aromatic carbocycles. The van der Waals surface area contributed by atoms with E-state index in [1.807, 2.05) is 6.92 Å². The van der Waals surface area contributed by atoms with Crippen LogP contribution in [-0.4, -0.2) is 34.3 Å². The van der Waals surface area contributed by atoms with Gasteiger partial charge in [-0.25, -0.2) is 4.39 Å². The van der Waals surface area contributed by atoms with Crippen molar-refractivity contribution < 1.29 is 23.9 Å². The van der Waals surface area contributed by atoms with Gasteiger partial charge in [-0.2, -0.15) is 0 Å². The number of H-pyrrole nitrogens is 1. The van der Waals surface area contributed by atoms with E-state index in [-0.39, 0.29) is 18.0 Å². The number of benzene rings is 1. The van der Waals surface area contributed by atoms with Crippen LogP contribution in [0, 0.1) is 12.7 Å². The molecule has 27 heavy (non-hydrogen) atoms. The minimum Gasteiger partial charge on any atom is -0.481 e. The first kappa shape index (κ1) is 20.4. The van der Waals surface area contributed by atoms with Crippen molar-refractivity contribution >= 4 is 17.7 Å². The van der Waals surface area contributed by atoms with E-state index in [1.165, 1.54) is 31.2 Å². The van der Waals surface area contributed by atoms with Gasteiger partial charge in [-0.1, -0.05) is 25.5 Å². The molecule has 2 rings (SSSR count). The van der Waals surface area contributed by atoms with Gasteiger partial charge in [-0.05, 0) is 43.5 Å². The van der Waals surface area contributed by atoms with Crippen molar-refractivity contribution in [3.05, 3.63) is 58.2 Å². The molecule has 3 N–H and O–H groups in total. The number of amides is 1. The minimum absolute atomic E-state index is 0.124. The van der Waals surface area contributed by atoms with Crippen LogP contribution in [0.3, 0.4) is 0 Å². The van der Waals surface area contributed by atoms with Crippen molar-refractivity contribution in [2.75, 3.05) is 6.54 Å². The van der Waals surface area contributed by atoms with Gasteiger partial charge in [0.15, 0.2) is 5.78 Å². The number of hydrogen-bond donors (Lipinski definition) is 3. The molecule has 1 amide bonds. The molecule has 0 aliphatic rings. The number of carbonyl (C=O) groups excluding carboxylic acids is 2. The summed E-state index contributed by atoms with van der Waals surface area (Å²) in [6, 6.07) is 5.13. The molecule has 1 unspecified atom stereocenters. The summed E-state index contributed by atoms with van der Waals surface area (Å²) in [4.78, 5) is 39.0. The molecule has 7 heteroatoms. The van der Waals surface area contributed by atoms with E-state index in [0.717, 1.165) is 6.42 Å². The normalized spacial score (nSPS) is 11.9. The quantitative estimate of drug-likeness (QED) is 0.618. The first-order chi connectivity index (χ1) is 12.8. The Hall–Kier alpha value is -2.96. The minimum atomic E-state index is -1.12. The lowest BCUT2D eigenvalue weighted by atomic mass is 9.98. The Kier molecular flexibility index (Phi) is 6.50. The largest absolute Gasteiger partial charge is 0.481 e. The molecule has 0 bridgehead atoms. The van der Waals surface area contributed by atoms with Crippen LogP contribution < -0.4 is 5.32 Å². The number of aryl methyl sites for hydroxylation is 1. The van der Waals surface area contributed by atoms with E-state index in [9.17, 15) is 23.9 Å². The lowest BCUT2D eigenvalue weighted by molar-refractivity contribution is -0.138. The molecule has 0 aliphatic heterocycles. The molecule has 1 aromatic heterocycles. The number of aromatic nitrogens is 1. The summed E-state index contributed by atoms with van der Waals surface area (Å²) < 4.78 is 13.1. The predicted octanol–water partition coefficient (Wildman–Crippen LogP) is 3.22. The number of ketones is 1. The highest BCUT2D eigenvalue weighted by atomic mass is 19.1. The van der Waals surface area contributed by atoms with Crippen molar-refractivity contribution in [2.45, 2.75) is 39.5 Å². The number of aromatic amines is 1. The molecule has 0 saturated carbocycles. The van der Waals surface area contributed by atoms with Gasteiger partial charge in [-0.3, -0.25) is 14.4 Å². The van der Waals surface area contributed by atoms with Crippen molar-refractivity contribution in [1.82, 2.24) is 10.3 Å². The predicted molar refractivity (Wildman–Crippen MR) is 98.6 cm³/mol. The number of rotatable bonds is 8. The van der Waals surface area contributed by atoms with E-state index in [1.54, 1.807) is 6.92 Å². The fourth-order valence-corrected chi connectivity index (χ4v) is 3.17. The second-order valence-corrected chi connectivity index (χ2v) is 6.44. The number of carboxylic acids is 1. The first-order valence-electron chi connectivity index (χ1n) is 8.75. The maximum Gasteiger partial charge on any atom is 0.312 e. The van der Waals surface area contributed by atoms with Crippen molar-refractivity contribution in [3.8, 4) is 0 Å². The molecule has 2 aromatic rings. The standard InChI is InChI=1S/C20H23FN2O4/c1-4-5-15-17(12(3)24)11(2)23-18(15)19(25)22-10-16(20(26)27)13-6-8-14(21)9-7-13/h6-9,16,23H,4-5,10H2,1-3H3,(H,22,25)(H,26,27). The van der Waals surface area contributed by atoms with Crippen molar-refractivity contribution in [2.24, 2.45) is 0 Å². The molecule has 0 fully saturated rings. The van der Waals surface area contributed by atoms with Crippen molar-refractivity contribution in [3.63, 3.8) is 0 Å². The molecular weight excluding hydrogens is 351 g/mol. The average molecular weight is 374 g/mol. The van der Waals surface area contributed by atoms with Crippen molar-refractivity contribution in [1.29, 1.82) is 0 Å². The van der Waals surface area contributed by atoms with Gasteiger partial charge < -0.3 is 15.4 Å². The second kappa shape index (κ2) is 8.62. The second-order valence-electron chi connectivity index (χ2n) is 6.44. The molecule has 6 nitrogen and oxygen atoms in total. The lowest BCUT2D eigenvalue weighted by Crippen LogP contribution is -2.32. The van der Waals surface area contributed by atoms with Crippen LogP contribution in [0.2, 0.25) is 0 Å². The number of carbonyl (C=O) groups is 3. The van der Waals surface area contributed by atoms with E-state index in [4.69, 9.17) is 0 Å². The van der Waals surface area contributed by atoms with Gasteiger partial charge in [0.05, 0.1) is 5.92 Å². The topological polar surface area (TPSA) is 99.3 Å². The lowest BCUT2D eigenvalue weighted by Gasteiger charge is -2.14. The zero-order valence-corrected chi connectivity index (χ0v) is 15.6. The first-order valence-corrected chi connectivity index (χ1v) is 8.75. The fourth-order valence-electron chi connectivity index (χ4n) is 3.17. The molecule has 0 saturated heterocycles. The van der Waals surface area contributed by atoms with Crippen LogP contribution in [0.1, 0.15) is 63.9 Å². The highest BCUT2D eigenvalue weighted by molar-refractivity contribution is 6.02. The van der Waals surface area contributed by atoms with E-state index in [0.29, 0.717) is 28.8 Å². The Morgan fingerprint density at radius 1 is 1.22 bits per heavy atom. The Labute approximate surface area is 156 Å². The van der Waals surface area contributed by atoms with Crippen LogP contribution >= 0.6 is 0 Å². The van der Waals surface area contributed by atoms with E-state index in [2.05, 4.69) is 10.3 Å². The zero-order valence-electron chi connectivity index (χ0n) is 15.6. The zero-order chi connectivity index (χ0) is 20.1. The van der Waals surface area contributed by atoms with Crippen LogP contribution in [0.5, 0.6) is 0 Å². The monoisotopic (exact) mass is 374 g/mol. The smallest absolute Gasteiger partial charge is 0.312 e. The molecule has 144 valence electrons. The number of hydrogen-bond acceptors (Lipinski definition) is 3. The van der Waals surface area contributed by atoms with Gasteiger partial charge in [-0.15, -0.1) is 0 Å². The number of halogens is 1. The highest BCUT2D eigenvalue weighted by Crippen LogP contribution is 2.22. The Balaban J connectivity index is 2.23. The maximum absolute atomic E-state index is 13.1. The van der Waals surface area contributed by atoms with Crippen LogP contribution in [0.15, 0.2) is 24.3 Å². The summed E-state index contributed by atoms with van der Waals surface area (Å²) in [7, 11) is 0. The number of Topliss-reactive ketones (excluding diaryl/α,β-unsaturated/α-hetero) is 1. The molecule has 1 atom stereocenters. The molecular formula is C20H23FN2O4. The fraction of sp³-hybridized carbons (Fsp3) is 0.350. The summed E-state index contributed by atoms with van der Waals surface area (Å²) >= 11 is 0. The molecule has 1 heterocycles. The average Bonchev–Trinajstić information content (AvgIpc) is 2.93. The SMILES string of the molecule is CCCc1c(C(=O)NCC(C(=O)O)c2ccc(F)cc2)[nH]c(C)c1C(C)=O. The molecule has 0 spiro atoms. The molecule has 0 radical (unpaired) electrons. The Morgan fingerprint density at radius 2 is 1.85 bits per heavy atom. The maximum atomic E-state index is 13.1. The van der Waals surface area contributed by atoms with E-state index >= 15 is 0 Å². The molecule has 0 aliphatic carbocycles. The van der Waals surface area contributed by atoms with Crippen LogP contribution in [0.25, 0.3) is 0 Å². The van der Waals surface area contributed by atoms with Gasteiger partial charge in [0.2, 0.25) is 0 Å². The number of nitrogens with one attached hydrogen (secondary N) is 2. The summed E-state index contributed by atoms with van der Waals surface area (Å²) in [6.45, 7) is 4.97. The van der Waals surface area contributed by atoms with Crippen LogP contribution in [0.4, 0.5) is 4.39 Å². The third-order valence-electron chi connectivity index (χ3n) is 4.41. The van der Waals surface area contributed by atoms with Gasteiger partial charge in [0.1, 0.15) is 11.5 Å². The summed E-state index contributed by atoms with van der Waals surface area (Å²) in [5, 5.41) is 12.1. The number of carboxylic acid groups (broad SMARTS) is 1. The third kappa shape index (κ3) is 4.61. The third-order valence-corrected chi connectivity index (χ3v) is 4.41. The van der Waals surface area contributed by atoms with Gasteiger partial charge in [0.25, 0.3) is 5.91 Å². The van der Waals surface area contributed by atoms with Crippen LogP contribution in [-0.2, 0) is 11.2 Å². The number of aliphatic carboxylic acids is 1. The summed E-state index contributed by atoms with van der Waals surface area (Å²) in [6.07, 6.45) is 1.31. The Bertz CT molecular complexity index is 856. The summed E-state index contributed by atoms with van der Waals surface area (Å²) in [5.41, 5.74) is 2.45. The summed E-state index contributed by atoms with van der Waals surface area (Å²) in [5.74, 6) is -3.19.